The van der Waals surface area contributed by atoms with Crippen molar-refractivity contribution in [1.29, 1.82) is 0 Å². The van der Waals surface area contributed by atoms with Gasteiger partial charge in [0.1, 0.15) is 0 Å². The van der Waals surface area contributed by atoms with Crippen molar-refractivity contribution < 1.29 is 9.59 Å². The number of likely N-dealkylation sites (tertiary alicyclic amines) is 1. The van der Waals surface area contributed by atoms with E-state index in [1.54, 1.807) is 16.8 Å². The standard InChI is InChI=1S/C21H28N4O2/c1-16-19(17(2)25(22-16)18-10-6-4-7-11-18)14-23(3)21(27)15-24-13-9-5-8-12-20(24)26/h4,6-7,10-11H,5,8-9,12-15H2,1-3H3. The van der Waals surface area contributed by atoms with Crippen molar-refractivity contribution in [3.05, 3.63) is 47.3 Å². The molecule has 144 valence electrons. The van der Waals surface area contributed by atoms with Crippen LogP contribution in [0, 0.1) is 13.8 Å². The molecule has 1 aromatic heterocycles. The molecule has 0 spiro atoms. The number of aromatic nitrogens is 2. The topological polar surface area (TPSA) is 58.4 Å². The molecule has 1 saturated heterocycles. The van der Waals surface area contributed by atoms with Crippen LogP contribution in [-0.4, -0.2) is 51.5 Å². The number of benzene rings is 1. The van der Waals surface area contributed by atoms with Gasteiger partial charge in [-0.2, -0.15) is 5.10 Å². The molecule has 2 aromatic rings. The van der Waals surface area contributed by atoms with Gasteiger partial charge in [-0.25, -0.2) is 4.68 Å². The fraction of sp³-hybridized carbons (Fsp3) is 0.476. The van der Waals surface area contributed by atoms with E-state index in [0.717, 1.165) is 41.9 Å². The van der Waals surface area contributed by atoms with Crippen LogP contribution in [0.1, 0.15) is 42.6 Å². The number of nitrogens with zero attached hydrogens (tertiary/aromatic N) is 4. The van der Waals surface area contributed by atoms with Gasteiger partial charge in [-0.1, -0.05) is 24.6 Å². The van der Waals surface area contributed by atoms with Crippen molar-refractivity contribution in [2.45, 2.75) is 46.1 Å². The first-order valence-electron chi connectivity index (χ1n) is 9.59. The lowest BCUT2D eigenvalue weighted by Crippen LogP contribution is -2.41. The van der Waals surface area contributed by atoms with Gasteiger partial charge in [0.2, 0.25) is 11.8 Å². The summed E-state index contributed by atoms with van der Waals surface area (Å²) in [6, 6.07) is 9.98. The monoisotopic (exact) mass is 368 g/mol. The lowest BCUT2D eigenvalue weighted by Gasteiger charge is -2.24. The summed E-state index contributed by atoms with van der Waals surface area (Å²) in [5, 5.41) is 4.65. The number of carbonyl (C=O) groups excluding carboxylic acids is 2. The molecular weight excluding hydrogens is 340 g/mol. The maximum Gasteiger partial charge on any atom is 0.242 e. The Hall–Kier alpha value is -2.63. The summed E-state index contributed by atoms with van der Waals surface area (Å²) in [6.07, 6.45) is 3.52. The molecule has 6 heteroatoms. The normalized spacial score (nSPS) is 14.9. The van der Waals surface area contributed by atoms with Crippen LogP contribution in [0.2, 0.25) is 0 Å². The van der Waals surface area contributed by atoms with Gasteiger partial charge in [-0.15, -0.1) is 0 Å². The Morgan fingerprint density at radius 3 is 2.63 bits per heavy atom. The summed E-state index contributed by atoms with van der Waals surface area (Å²) in [5.74, 6) is 0.0648. The summed E-state index contributed by atoms with van der Waals surface area (Å²) in [5.41, 5.74) is 4.01. The second kappa shape index (κ2) is 8.37. The number of likely N-dealkylation sites (N-methyl/N-ethyl adjacent to an activating group) is 1. The van der Waals surface area contributed by atoms with Crippen LogP contribution >= 0.6 is 0 Å². The second-order valence-electron chi connectivity index (χ2n) is 7.27. The molecule has 27 heavy (non-hydrogen) atoms. The third-order valence-electron chi connectivity index (χ3n) is 5.26. The maximum atomic E-state index is 12.7. The molecule has 0 unspecified atom stereocenters. The summed E-state index contributed by atoms with van der Waals surface area (Å²) >= 11 is 0. The molecule has 1 aromatic carbocycles. The molecule has 3 rings (SSSR count). The minimum Gasteiger partial charge on any atom is -0.340 e. The van der Waals surface area contributed by atoms with Crippen LogP contribution < -0.4 is 0 Å². The van der Waals surface area contributed by atoms with Gasteiger partial charge in [-0.05, 0) is 38.8 Å². The number of carbonyl (C=O) groups is 2. The molecule has 0 saturated carbocycles. The van der Waals surface area contributed by atoms with E-state index in [1.165, 1.54) is 0 Å². The Morgan fingerprint density at radius 2 is 1.89 bits per heavy atom. The fourth-order valence-corrected chi connectivity index (χ4v) is 3.54. The fourth-order valence-electron chi connectivity index (χ4n) is 3.54. The SMILES string of the molecule is Cc1nn(-c2ccccc2)c(C)c1CN(C)C(=O)CN1CCCCCC1=O. The largest absolute Gasteiger partial charge is 0.340 e. The minimum absolute atomic E-state index is 0.0310. The summed E-state index contributed by atoms with van der Waals surface area (Å²) in [7, 11) is 1.80. The zero-order chi connectivity index (χ0) is 19.4. The number of rotatable bonds is 5. The number of amides is 2. The minimum atomic E-state index is -0.0310. The van der Waals surface area contributed by atoms with E-state index < -0.39 is 0 Å². The van der Waals surface area contributed by atoms with Crippen molar-refractivity contribution in [2.75, 3.05) is 20.1 Å². The van der Waals surface area contributed by atoms with E-state index in [0.29, 0.717) is 19.5 Å². The van der Waals surface area contributed by atoms with Crippen LogP contribution in [0.5, 0.6) is 0 Å². The lowest BCUT2D eigenvalue weighted by atomic mass is 10.2. The average molecular weight is 368 g/mol. The predicted octanol–water partition coefficient (Wildman–Crippen LogP) is 2.85. The molecule has 1 aliphatic rings. The quantitative estimate of drug-likeness (QED) is 0.815. The van der Waals surface area contributed by atoms with Crippen LogP contribution in [0.3, 0.4) is 0 Å². The van der Waals surface area contributed by atoms with Gasteiger partial charge >= 0.3 is 0 Å². The Labute approximate surface area is 160 Å². The molecule has 0 radical (unpaired) electrons. The van der Waals surface area contributed by atoms with Crippen LogP contribution in [-0.2, 0) is 16.1 Å². The zero-order valence-corrected chi connectivity index (χ0v) is 16.4. The molecule has 2 heterocycles. The first-order chi connectivity index (χ1) is 13.0. The first-order valence-corrected chi connectivity index (χ1v) is 9.59. The van der Waals surface area contributed by atoms with Crippen molar-refractivity contribution >= 4 is 11.8 Å². The van der Waals surface area contributed by atoms with Gasteiger partial charge in [0.25, 0.3) is 0 Å². The second-order valence-corrected chi connectivity index (χ2v) is 7.27. The number of hydrogen-bond acceptors (Lipinski definition) is 3. The average Bonchev–Trinajstić information content (AvgIpc) is 2.82. The lowest BCUT2D eigenvalue weighted by molar-refractivity contribution is -0.139. The molecule has 1 aliphatic heterocycles. The van der Waals surface area contributed by atoms with E-state index in [9.17, 15) is 9.59 Å². The molecule has 0 bridgehead atoms. The highest BCUT2D eigenvalue weighted by molar-refractivity contribution is 5.84. The molecule has 6 nitrogen and oxygen atoms in total. The van der Waals surface area contributed by atoms with Gasteiger partial charge in [0.15, 0.2) is 0 Å². The molecule has 0 N–H and O–H groups in total. The highest BCUT2D eigenvalue weighted by atomic mass is 16.2. The van der Waals surface area contributed by atoms with Gasteiger partial charge in [0, 0.05) is 37.8 Å². The Kier molecular flexibility index (Phi) is 5.94. The smallest absolute Gasteiger partial charge is 0.242 e. The van der Waals surface area contributed by atoms with Gasteiger partial charge < -0.3 is 9.80 Å². The first kappa shape index (κ1) is 19.1. The van der Waals surface area contributed by atoms with Crippen molar-refractivity contribution in [2.24, 2.45) is 0 Å². The van der Waals surface area contributed by atoms with E-state index in [2.05, 4.69) is 5.10 Å². The number of aryl methyl sites for hydroxylation is 1. The van der Waals surface area contributed by atoms with Crippen molar-refractivity contribution in [1.82, 2.24) is 19.6 Å². The molecule has 1 fully saturated rings. The van der Waals surface area contributed by atoms with Crippen molar-refractivity contribution in [3.63, 3.8) is 0 Å². The molecule has 2 amide bonds. The highest BCUT2D eigenvalue weighted by Crippen LogP contribution is 2.19. The van der Waals surface area contributed by atoms with Crippen molar-refractivity contribution in [3.8, 4) is 5.69 Å². The van der Waals surface area contributed by atoms with E-state index in [4.69, 9.17) is 0 Å². The molecule has 0 atom stereocenters. The molecule has 0 aliphatic carbocycles. The van der Waals surface area contributed by atoms with Crippen LogP contribution in [0.25, 0.3) is 5.69 Å². The van der Waals surface area contributed by atoms with Crippen LogP contribution in [0.15, 0.2) is 30.3 Å². The highest BCUT2D eigenvalue weighted by Gasteiger charge is 2.22. The summed E-state index contributed by atoms with van der Waals surface area (Å²) < 4.78 is 1.92. The van der Waals surface area contributed by atoms with E-state index in [-0.39, 0.29) is 18.4 Å². The third-order valence-corrected chi connectivity index (χ3v) is 5.26. The predicted molar refractivity (Wildman–Crippen MR) is 105 cm³/mol. The Bertz CT molecular complexity index is 813. The van der Waals surface area contributed by atoms with Gasteiger partial charge in [-0.3, -0.25) is 9.59 Å². The van der Waals surface area contributed by atoms with Gasteiger partial charge in [0.05, 0.1) is 17.9 Å². The van der Waals surface area contributed by atoms with Crippen LogP contribution in [0.4, 0.5) is 0 Å². The number of para-hydroxylation sites is 1. The molecular formula is C21H28N4O2. The Morgan fingerprint density at radius 1 is 1.15 bits per heavy atom. The zero-order valence-electron chi connectivity index (χ0n) is 16.4. The maximum absolute atomic E-state index is 12.7. The number of hydrogen-bond donors (Lipinski definition) is 0. The van der Waals surface area contributed by atoms with E-state index in [1.807, 2.05) is 48.9 Å². The third kappa shape index (κ3) is 4.38. The summed E-state index contributed by atoms with van der Waals surface area (Å²) in [4.78, 5) is 28.2. The Balaban J connectivity index is 1.70. The summed E-state index contributed by atoms with van der Waals surface area (Å²) in [6.45, 7) is 5.34. The van der Waals surface area contributed by atoms with E-state index >= 15 is 0 Å².